The number of rotatable bonds is 8. The highest BCUT2D eigenvalue weighted by atomic mass is 16.4. The maximum absolute atomic E-state index is 11.1. The van der Waals surface area contributed by atoms with Crippen LogP contribution in [-0.4, -0.2) is 51.7 Å². The van der Waals surface area contributed by atoms with Gasteiger partial charge in [0.2, 0.25) is 0 Å². The molecule has 0 saturated carbocycles. The van der Waals surface area contributed by atoms with E-state index >= 15 is 0 Å². The Balaban J connectivity index is 2.37. The van der Waals surface area contributed by atoms with Crippen LogP contribution in [0.4, 0.5) is 0 Å². The topological polar surface area (TPSA) is 70.4 Å². The van der Waals surface area contributed by atoms with Gasteiger partial charge in [0.25, 0.3) is 0 Å². The Kier molecular flexibility index (Phi) is 5.50. The molecular weight excluding hydrogens is 244 g/mol. The molecule has 19 heavy (non-hydrogen) atoms. The minimum atomic E-state index is -0.843. The third kappa shape index (κ3) is 4.33. The first-order valence-corrected chi connectivity index (χ1v) is 6.46. The van der Waals surface area contributed by atoms with Crippen LogP contribution >= 0.6 is 0 Å². The average Bonchev–Trinajstić information content (AvgIpc) is 2.74. The minimum absolute atomic E-state index is 0.601. The van der Waals surface area contributed by atoms with Crippen molar-refractivity contribution in [2.45, 2.75) is 31.8 Å². The van der Waals surface area contributed by atoms with Crippen molar-refractivity contribution in [2.75, 3.05) is 20.6 Å². The van der Waals surface area contributed by atoms with Crippen molar-refractivity contribution < 1.29 is 9.90 Å². The van der Waals surface area contributed by atoms with Crippen LogP contribution in [0.3, 0.4) is 0 Å². The van der Waals surface area contributed by atoms with Crippen molar-refractivity contribution in [1.82, 2.24) is 19.8 Å². The van der Waals surface area contributed by atoms with E-state index in [1.54, 1.807) is 20.2 Å². The molecule has 0 aliphatic heterocycles. The number of aromatic nitrogens is 2. The highest BCUT2D eigenvalue weighted by Gasteiger charge is 2.30. The zero-order valence-electron chi connectivity index (χ0n) is 12.2. The number of hydrogen-bond acceptors (Lipinski definition) is 4. The summed E-state index contributed by atoms with van der Waals surface area (Å²) in [4.78, 5) is 17.6. The van der Waals surface area contributed by atoms with Crippen LogP contribution in [0, 0.1) is 0 Å². The molecular formula is C13H24N4O2. The molecule has 0 aliphatic carbocycles. The number of carboxylic acid groups (broad SMARTS) is 1. The van der Waals surface area contributed by atoms with E-state index in [2.05, 4.69) is 15.2 Å². The number of carbonyl (C=O) groups is 1. The highest BCUT2D eigenvalue weighted by molar-refractivity contribution is 5.78. The Labute approximate surface area is 114 Å². The SMILES string of the molecule is CNC(C)(CCCN(C)Cc1nccn1C)C(=O)O. The van der Waals surface area contributed by atoms with E-state index in [1.165, 1.54) is 0 Å². The molecule has 108 valence electrons. The molecule has 1 aromatic rings. The summed E-state index contributed by atoms with van der Waals surface area (Å²) >= 11 is 0. The van der Waals surface area contributed by atoms with Gasteiger partial charge in [-0.25, -0.2) is 4.98 Å². The Morgan fingerprint density at radius 2 is 2.32 bits per heavy atom. The molecule has 0 spiro atoms. The Bertz CT molecular complexity index is 419. The fourth-order valence-corrected chi connectivity index (χ4v) is 1.91. The Hall–Kier alpha value is -1.40. The third-order valence-corrected chi connectivity index (χ3v) is 3.57. The van der Waals surface area contributed by atoms with Gasteiger partial charge in [-0.3, -0.25) is 9.69 Å². The molecule has 1 rings (SSSR count). The molecule has 1 aromatic heterocycles. The largest absolute Gasteiger partial charge is 0.480 e. The lowest BCUT2D eigenvalue weighted by molar-refractivity contribution is -0.144. The first-order valence-electron chi connectivity index (χ1n) is 6.46. The number of imidazole rings is 1. The maximum Gasteiger partial charge on any atom is 0.323 e. The summed E-state index contributed by atoms with van der Waals surface area (Å²) in [6, 6.07) is 0. The van der Waals surface area contributed by atoms with E-state index in [1.807, 2.05) is 24.9 Å². The van der Waals surface area contributed by atoms with E-state index in [4.69, 9.17) is 5.11 Å². The van der Waals surface area contributed by atoms with E-state index in [0.717, 1.165) is 25.3 Å². The van der Waals surface area contributed by atoms with Gasteiger partial charge < -0.3 is 15.0 Å². The zero-order valence-corrected chi connectivity index (χ0v) is 12.2. The van der Waals surface area contributed by atoms with E-state index in [-0.39, 0.29) is 0 Å². The quantitative estimate of drug-likeness (QED) is 0.726. The molecule has 0 aromatic carbocycles. The second kappa shape index (κ2) is 6.68. The summed E-state index contributed by atoms with van der Waals surface area (Å²) in [5.41, 5.74) is -0.843. The molecule has 0 aliphatic rings. The maximum atomic E-state index is 11.1. The van der Waals surface area contributed by atoms with Gasteiger partial charge in [-0.15, -0.1) is 0 Å². The number of aliphatic carboxylic acids is 1. The lowest BCUT2D eigenvalue weighted by Gasteiger charge is -2.25. The van der Waals surface area contributed by atoms with Crippen LogP contribution in [0.5, 0.6) is 0 Å². The summed E-state index contributed by atoms with van der Waals surface area (Å²) in [5, 5.41) is 12.0. The third-order valence-electron chi connectivity index (χ3n) is 3.57. The minimum Gasteiger partial charge on any atom is -0.480 e. The highest BCUT2D eigenvalue weighted by Crippen LogP contribution is 2.12. The average molecular weight is 268 g/mol. The van der Waals surface area contributed by atoms with Crippen LogP contribution in [0.15, 0.2) is 12.4 Å². The van der Waals surface area contributed by atoms with Crippen molar-refractivity contribution in [2.24, 2.45) is 7.05 Å². The zero-order chi connectivity index (χ0) is 14.5. The van der Waals surface area contributed by atoms with Crippen LogP contribution < -0.4 is 5.32 Å². The number of nitrogens with zero attached hydrogens (tertiary/aromatic N) is 3. The second-order valence-electron chi connectivity index (χ2n) is 5.18. The Morgan fingerprint density at radius 3 is 2.79 bits per heavy atom. The monoisotopic (exact) mass is 268 g/mol. The predicted molar refractivity (Wildman–Crippen MR) is 73.9 cm³/mol. The number of nitrogens with one attached hydrogen (secondary N) is 1. The predicted octanol–water partition coefficient (Wildman–Crippen LogP) is 0.695. The van der Waals surface area contributed by atoms with Crippen molar-refractivity contribution >= 4 is 5.97 Å². The molecule has 0 amide bonds. The summed E-state index contributed by atoms with van der Waals surface area (Å²) in [6.07, 6.45) is 5.13. The van der Waals surface area contributed by atoms with E-state index in [0.29, 0.717) is 6.42 Å². The lowest BCUT2D eigenvalue weighted by atomic mass is 9.96. The normalized spacial score (nSPS) is 14.6. The van der Waals surface area contributed by atoms with Gasteiger partial charge in [0.1, 0.15) is 11.4 Å². The summed E-state index contributed by atoms with van der Waals surface area (Å²) < 4.78 is 1.99. The number of likely N-dealkylation sites (N-methyl/N-ethyl adjacent to an activating group) is 1. The van der Waals surface area contributed by atoms with Crippen molar-refractivity contribution in [3.8, 4) is 0 Å². The van der Waals surface area contributed by atoms with Crippen molar-refractivity contribution in [1.29, 1.82) is 0 Å². The van der Waals surface area contributed by atoms with Gasteiger partial charge in [-0.1, -0.05) is 0 Å². The molecule has 6 nitrogen and oxygen atoms in total. The lowest BCUT2D eigenvalue weighted by Crippen LogP contribution is -2.47. The number of hydrogen-bond donors (Lipinski definition) is 2. The smallest absolute Gasteiger partial charge is 0.323 e. The summed E-state index contributed by atoms with van der Waals surface area (Å²) in [5.74, 6) is 0.207. The molecule has 1 unspecified atom stereocenters. The Morgan fingerprint density at radius 1 is 1.63 bits per heavy atom. The summed E-state index contributed by atoms with van der Waals surface area (Å²) in [7, 11) is 5.68. The molecule has 0 saturated heterocycles. The molecule has 0 bridgehead atoms. The molecule has 6 heteroatoms. The van der Waals surface area contributed by atoms with E-state index in [9.17, 15) is 4.79 Å². The number of carboxylic acids is 1. The first kappa shape index (κ1) is 15.7. The van der Waals surface area contributed by atoms with Crippen LogP contribution in [0.1, 0.15) is 25.6 Å². The number of aryl methyl sites for hydroxylation is 1. The van der Waals surface area contributed by atoms with Crippen molar-refractivity contribution in [3.05, 3.63) is 18.2 Å². The van der Waals surface area contributed by atoms with Gasteiger partial charge in [0, 0.05) is 19.4 Å². The van der Waals surface area contributed by atoms with Crippen LogP contribution in [0.25, 0.3) is 0 Å². The van der Waals surface area contributed by atoms with Crippen molar-refractivity contribution in [3.63, 3.8) is 0 Å². The molecule has 2 N–H and O–H groups in total. The van der Waals surface area contributed by atoms with Gasteiger partial charge in [-0.2, -0.15) is 0 Å². The van der Waals surface area contributed by atoms with Gasteiger partial charge in [0.05, 0.1) is 6.54 Å². The summed E-state index contributed by atoms with van der Waals surface area (Å²) in [6.45, 7) is 3.33. The second-order valence-corrected chi connectivity index (χ2v) is 5.18. The first-order chi connectivity index (χ1) is 8.89. The van der Waals surface area contributed by atoms with E-state index < -0.39 is 11.5 Å². The van der Waals surface area contributed by atoms with Gasteiger partial charge in [0.15, 0.2) is 0 Å². The molecule has 1 atom stereocenters. The fraction of sp³-hybridized carbons (Fsp3) is 0.692. The molecule has 0 fully saturated rings. The van der Waals surface area contributed by atoms with Crippen LogP contribution in [-0.2, 0) is 18.4 Å². The molecule has 0 radical (unpaired) electrons. The van der Waals surface area contributed by atoms with Gasteiger partial charge >= 0.3 is 5.97 Å². The van der Waals surface area contributed by atoms with Crippen LogP contribution in [0.2, 0.25) is 0 Å². The fourth-order valence-electron chi connectivity index (χ4n) is 1.91. The standard InChI is InChI=1S/C13H24N4O2/c1-13(14-2,12(18)19)6-5-8-16(3)10-11-15-7-9-17(11)4/h7,9,14H,5-6,8,10H2,1-4H3,(H,18,19). The van der Waals surface area contributed by atoms with Gasteiger partial charge in [-0.05, 0) is 40.4 Å². The molecule has 1 heterocycles.